The van der Waals surface area contributed by atoms with Gasteiger partial charge in [-0.25, -0.2) is 0 Å². The second-order valence-electron chi connectivity index (χ2n) is 3.08. The maximum atomic E-state index is 2.34. The molecule has 0 aromatic carbocycles. The second kappa shape index (κ2) is 3.98. The Labute approximate surface area is 85.9 Å². The molecular weight excluding hydrogens is 139 g/mol. The van der Waals surface area contributed by atoms with Crippen LogP contribution in [0, 0.1) is 0 Å². The number of rotatable bonds is 0. The van der Waals surface area contributed by atoms with E-state index in [0.29, 0.717) is 0 Å². The van der Waals surface area contributed by atoms with Crippen LogP contribution in [-0.4, -0.2) is 18.9 Å². The van der Waals surface area contributed by atoms with Gasteiger partial charge in [0, 0.05) is 0 Å². The zero-order valence-corrected chi connectivity index (χ0v) is 6.80. The van der Waals surface area contributed by atoms with Crippen molar-refractivity contribution in [2.45, 2.75) is 19.8 Å². The van der Waals surface area contributed by atoms with Crippen LogP contribution < -0.4 is 0 Å². The van der Waals surface area contributed by atoms with Gasteiger partial charge in [0.25, 0.3) is 0 Å². The van der Waals surface area contributed by atoms with E-state index >= 15 is 0 Å². The normalized spacial score (nSPS) is 19.9. The summed E-state index contributed by atoms with van der Waals surface area (Å²) in [5.74, 6) is 0. The van der Waals surface area contributed by atoms with E-state index in [0.717, 1.165) is 0 Å². The van der Waals surface area contributed by atoms with E-state index < -0.39 is 0 Å². The molecule has 2 aliphatic rings. The summed E-state index contributed by atoms with van der Waals surface area (Å²) >= 11 is 0. The minimum absolute atomic E-state index is 0. The van der Waals surface area contributed by atoms with Gasteiger partial charge in [-0.1, -0.05) is 30.4 Å². The molecule has 0 bridgehead atoms. The average Bonchev–Trinajstić information content (AvgIpc) is 2.40. The van der Waals surface area contributed by atoms with Crippen molar-refractivity contribution in [2.75, 3.05) is 0 Å². The Morgan fingerprint density at radius 2 is 1.92 bits per heavy atom. The molecule has 0 radical (unpaired) electrons. The van der Waals surface area contributed by atoms with Gasteiger partial charge in [-0.05, 0) is 36.5 Å². The third-order valence-electron chi connectivity index (χ3n) is 2.29. The Morgan fingerprint density at radius 1 is 1.17 bits per heavy atom. The molecule has 0 fully saturated rings. The van der Waals surface area contributed by atoms with Crippen molar-refractivity contribution in [1.82, 2.24) is 0 Å². The molecule has 0 aliphatic heterocycles. The van der Waals surface area contributed by atoms with Crippen LogP contribution in [0.15, 0.2) is 47.1 Å². The van der Waals surface area contributed by atoms with Gasteiger partial charge in [0.15, 0.2) is 0 Å². The van der Waals surface area contributed by atoms with Crippen LogP contribution in [0.25, 0.3) is 0 Å². The Kier molecular flexibility index (Phi) is 3.20. The van der Waals surface area contributed by atoms with E-state index in [4.69, 9.17) is 0 Å². The van der Waals surface area contributed by atoms with Crippen molar-refractivity contribution < 1.29 is 0 Å². The molecule has 0 aromatic heterocycles. The molecule has 0 amide bonds. The van der Waals surface area contributed by atoms with Crippen molar-refractivity contribution >= 4 is 18.9 Å². The maximum absolute atomic E-state index is 2.34. The van der Waals surface area contributed by atoms with E-state index in [1.54, 1.807) is 0 Å². The number of hydrogen-bond acceptors (Lipinski definition) is 0. The van der Waals surface area contributed by atoms with Crippen LogP contribution in [0.3, 0.4) is 0 Å². The molecule has 0 heterocycles. The summed E-state index contributed by atoms with van der Waals surface area (Å²) in [6, 6.07) is 0. The molecule has 0 aromatic rings. The molecule has 0 saturated heterocycles. The van der Waals surface area contributed by atoms with E-state index in [-0.39, 0.29) is 18.9 Å². The predicted octanol–water partition coefficient (Wildman–Crippen LogP) is 2.50. The fourth-order valence-electron chi connectivity index (χ4n) is 1.69. The van der Waals surface area contributed by atoms with Gasteiger partial charge in [-0.3, -0.25) is 0 Å². The molecule has 0 nitrogen and oxygen atoms in total. The molecule has 58 valence electrons. The molecule has 0 saturated carbocycles. The van der Waals surface area contributed by atoms with Crippen LogP contribution in [0.1, 0.15) is 19.8 Å². The Morgan fingerprint density at radius 3 is 2.75 bits per heavy atom. The Bertz CT molecular complexity index is 290. The van der Waals surface area contributed by atoms with Crippen LogP contribution >= 0.6 is 0 Å². The number of fused-ring (bicyclic) bond motifs is 1. The van der Waals surface area contributed by atoms with Crippen LogP contribution in [0.5, 0.6) is 0 Å². The monoisotopic (exact) mass is 152 g/mol. The zero-order chi connectivity index (χ0) is 7.68. The van der Waals surface area contributed by atoms with Crippen molar-refractivity contribution in [2.24, 2.45) is 0 Å². The first kappa shape index (κ1) is 9.64. The van der Waals surface area contributed by atoms with E-state index in [2.05, 4.69) is 37.3 Å². The van der Waals surface area contributed by atoms with Gasteiger partial charge < -0.3 is 0 Å². The fourth-order valence-corrected chi connectivity index (χ4v) is 1.69. The zero-order valence-electron chi connectivity index (χ0n) is 6.80. The summed E-state index contributed by atoms with van der Waals surface area (Å²) in [6.07, 6.45) is 13.4. The van der Waals surface area contributed by atoms with Crippen molar-refractivity contribution in [3.05, 3.63) is 47.1 Å². The third kappa shape index (κ3) is 1.66. The van der Waals surface area contributed by atoms with Gasteiger partial charge in [0.1, 0.15) is 0 Å². The van der Waals surface area contributed by atoms with Gasteiger partial charge in [-0.15, -0.1) is 0 Å². The molecule has 2 rings (SSSR count). The van der Waals surface area contributed by atoms with E-state index in [9.17, 15) is 0 Å². The van der Waals surface area contributed by atoms with Crippen molar-refractivity contribution in [3.63, 3.8) is 0 Å². The molecule has 0 N–H and O–H groups in total. The average molecular weight is 152 g/mol. The summed E-state index contributed by atoms with van der Waals surface area (Å²) < 4.78 is 0. The first-order chi connectivity index (χ1) is 5.38. The molecule has 12 heavy (non-hydrogen) atoms. The quantitative estimate of drug-likeness (QED) is 0.468. The van der Waals surface area contributed by atoms with Crippen molar-refractivity contribution in [1.29, 1.82) is 0 Å². The summed E-state index contributed by atoms with van der Waals surface area (Å²) in [7, 11) is 0. The SMILES string of the molecule is CC1=CC=CC=C2CCC=C12.[LiH]. The fraction of sp³-hybridized carbons (Fsp3) is 0.273. The van der Waals surface area contributed by atoms with E-state index in [1.807, 2.05) is 0 Å². The Hall–Kier alpha value is -0.443. The first-order valence-electron chi connectivity index (χ1n) is 4.13. The standard InChI is InChI=1S/C11H12.Li.H/c1-9-5-2-3-6-10-7-4-8-11(9)10;;/h2-3,5-6,8H,4,7H2,1H3;;. The molecular formula is C11H13Li. The van der Waals surface area contributed by atoms with Gasteiger partial charge in [0.05, 0.1) is 0 Å². The van der Waals surface area contributed by atoms with Gasteiger partial charge in [-0.2, -0.15) is 0 Å². The minimum atomic E-state index is 0. The molecule has 0 unspecified atom stereocenters. The summed E-state index contributed by atoms with van der Waals surface area (Å²) in [5, 5.41) is 0. The molecule has 1 heteroatoms. The molecule has 0 spiro atoms. The summed E-state index contributed by atoms with van der Waals surface area (Å²) in [6.45, 7) is 2.18. The van der Waals surface area contributed by atoms with Crippen LogP contribution in [0.4, 0.5) is 0 Å². The molecule has 2 aliphatic carbocycles. The summed E-state index contributed by atoms with van der Waals surface area (Å²) in [5.41, 5.74) is 4.38. The molecule has 0 atom stereocenters. The first-order valence-corrected chi connectivity index (χ1v) is 4.13. The van der Waals surface area contributed by atoms with Gasteiger partial charge >= 0.3 is 18.9 Å². The number of hydrogen-bond donors (Lipinski definition) is 0. The third-order valence-corrected chi connectivity index (χ3v) is 2.29. The predicted molar refractivity (Wildman–Crippen MR) is 55.4 cm³/mol. The van der Waals surface area contributed by atoms with Crippen LogP contribution in [0.2, 0.25) is 0 Å². The second-order valence-corrected chi connectivity index (χ2v) is 3.08. The van der Waals surface area contributed by atoms with Crippen LogP contribution in [-0.2, 0) is 0 Å². The summed E-state index contributed by atoms with van der Waals surface area (Å²) in [4.78, 5) is 0. The van der Waals surface area contributed by atoms with E-state index in [1.165, 1.54) is 29.6 Å². The Balaban J connectivity index is 0.000000720. The van der Waals surface area contributed by atoms with Gasteiger partial charge in [0.2, 0.25) is 0 Å². The van der Waals surface area contributed by atoms with Crippen molar-refractivity contribution in [3.8, 4) is 0 Å². The number of allylic oxidation sites excluding steroid dienone is 8. The topological polar surface area (TPSA) is 0 Å².